The summed E-state index contributed by atoms with van der Waals surface area (Å²) in [5.41, 5.74) is 1.37. The highest BCUT2D eigenvalue weighted by molar-refractivity contribution is 5.78. The molecule has 1 amide bonds. The van der Waals surface area contributed by atoms with Gasteiger partial charge in [-0.2, -0.15) is 5.26 Å². The maximum absolute atomic E-state index is 11.2. The number of carbonyl (C=O) groups excluding carboxylic acids is 1. The maximum atomic E-state index is 11.2. The van der Waals surface area contributed by atoms with Crippen LogP contribution in [0.1, 0.15) is 39.7 Å². The van der Waals surface area contributed by atoms with Crippen molar-refractivity contribution in [1.82, 2.24) is 5.32 Å². The zero-order valence-corrected chi connectivity index (χ0v) is 12.6. The first-order valence-electron chi connectivity index (χ1n) is 6.72. The first kappa shape index (κ1) is 16.0. The van der Waals surface area contributed by atoms with E-state index in [2.05, 4.69) is 26.1 Å². The molecular weight excluding hydrogens is 252 g/mol. The highest BCUT2D eigenvalue weighted by atomic mass is 16.5. The second-order valence-electron chi connectivity index (χ2n) is 5.89. The zero-order chi connectivity index (χ0) is 15.2. The summed E-state index contributed by atoms with van der Waals surface area (Å²) in [6.07, 6.45) is -0.120. The first-order chi connectivity index (χ1) is 9.32. The first-order valence-corrected chi connectivity index (χ1v) is 6.72. The van der Waals surface area contributed by atoms with Crippen LogP contribution in [0, 0.1) is 11.3 Å². The van der Waals surface area contributed by atoms with Crippen molar-refractivity contribution in [2.45, 2.75) is 45.6 Å². The van der Waals surface area contributed by atoms with Crippen LogP contribution < -0.4 is 10.1 Å². The van der Waals surface area contributed by atoms with Gasteiger partial charge in [-0.1, -0.05) is 32.9 Å². The summed E-state index contributed by atoms with van der Waals surface area (Å²) in [7, 11) is 0. The third-order valence-corrected chi connectivity index (χ3v) is 2.87. The van der Waals surface area contributed by atoms with Crippen LogP contribution in [-0.4, -0.2) is 18.6 Å². The Bertz CT molecular complexity index is 481. The Morgan fingerprint density at radius 2 is 1.95 bits per heavy atom. The van der Waals surface area contributed by atoms with Gasteiger partial charge in [0.05, 0.1) is 12.1 Å². The van der Waals surface area contributed by atoms with Gasteiger partial charge in [-0.25, -0.2) is 0 Å². The molecule has 0 radical (unpaired) electrons. The fraction of sp³-hybridized carbons (Fsp3) is 0.500. The average molecular weight is 274 g/mol. The molecule has 0 aromatic heterocycles. The fourth-order valence-corrected chi connectivity index (χ4v) is 1.71. The number of nitrogens with one attached hydrogen (secondary N) is 1. The molecule has 108 valence electrons. The molecule has 0 bridgehead atoms. The molecule has 20 heavy (non-hydrogen) atoms. The van der Waals surface area contributed by atoms with E-state index in [-0.39, 0.29) is 23.8 Å². The van der Waals surface area contributed by atoms with Gasteiger partial charge in [0.15, 0.2) is 0 Å². The fourth-order valence-electron chi connectivity index (χ4n) is 1.71. The molecule has 0 saturated heterocycles. The van der Waals surface area contributed by atoms with E-state index in [1.807, 2.05) is 37.3 Å². The van der Waals surface area contributed by atoms with Gasteiger partial charge in [-0.15, -0.1) is 0 Å². The number of amides is 1. The summed E-state index contributed by atoms with van der Waals surface area (Å²) in [5, 5.41) is 11.1. The third-order valence-electron chi connectivity index (χ3n) is 2.87. The van der Waals surface area contributed by atoms with Gasteiger partial charge >= 0.3 is 0 Å². The molecule has 0 aliphatic heterocycles. The van der Waals surface area contributed by atoms with Crippen LogP contribution in [0.2, 0.25) is 0 Å². The topological polar surface area (TPSA) is 62.1 Å². The second-order valence-corrected chi connectivity index (χ2v) is 5.89. The Kier molecular flexibility index (Phi) is 5.57. The number of hydrogen-bond donors (Lipinski definition) is 1. The molecule has 1 rings (SSSR count). The van der Waals surface area contributed by atoms with Gasteiger partial charge in [-0.05, 0) is 30.0 Å². The lowest BCUT2D eigenvalue weighted by molar-refractivity contribution is -0.120. The molecule has 1 aromatic rings. The van der Waals surface area contributed by atoms with Gasteiger partial charge in [0, 0.05) is 0 Å². The van der Waals surface area contributed by atoms with Crippen molar-refractivity contribution in [2.75, 3.05) is 6.61 Å². The van der Waals surface area contributed by atoms with Crippen molar-refractivity contribution in [3.05, 3.63) is 29.8 Å². The SMILES string of the molecule is CC(COc1ccc(C(C)(C)C)cc1)NC(=O)CC#N. The lowest BCUT2D eigenvalue weighted by Gasteiger charge is -2.19. The largest absolute Gasteiger partial charge is 0.491 e. The van der Waals surface area contributed by atoms with Crippen LogP contribution in [0.5, 0.6) is 5.75 Å². The minimum Gasteiger partial charge on any atom is -0.491 e. The molecule has 0 spiro atoms. The summed E-state index contributed by atoms with van der Waals surface area (Å²) >= 11 is 0. The van der Waals surface area contributed by atoms with Gasteiger partial charge in [-0.3, -0.25) is 4.79 Å². The van der Waals surface area contributed by atoms with Crippen LogP contribution >= 0.6 is 0 Å². The lowest BCUT2D eigenvalue weighted by atomic mass is 9.87. The Labute approximate surface area is 120 Å². The number of nitriles is 1. The summed E-state index contributed by atoms with van der Waals surface area (Å²) in [4.78, 5) is 11.2. The molecule has 0 aliphatic carbocycles. The Morgan fingerprint density at radius 1 is 1.35 bits per heavy atom. The van der Waals surface area contributed by atoms with E-state index in [0.29, 0.717) is 6.61 Å². The summed E-state index contributed by atoms with van der Waals surface area (Å²) in [5.74, 6) is 0.506. The Balaban J connectivity index is 2.46. The molecule has 0 fully saturated rings. The number of carbonyl (C=O) groups is 1. The minimum absolute atomic E-state index is 0.120. The average Bonchev–Trinajstić information content (AvgIpc) is 2.36. The Hall–Kier alpha value is -2.02. The van der Waals surface area contributed by atoms with Crippen LogP contribution in [0.25, 0.3) is 0 Å². The van der Waals surface area contributed by atoms with Gasteiger partial charge in [0.25, 0.3) is 0 Å². The van der Waals surface area contributed by atoms with Crippen molar-refractivity contribution >= 4 is 5.91 Å². The third kappa shape index (κ3) is 5.31. The minimum atomic E-state index is -0.272. The van der Waals surface area contributed by atoms with E-state index in [1.54, 1.807) is 0 Å². The Morgan fingerprint density at radius 3 is 2.45 bits per heavy atom. The predicted molar refractivity (Wildman–Crippen MR) is 78.5 cm³/mol. The smallest absolute Gasteiger partial charge is 0.234 e. The number of ether oxygens (including phenoxy) is 1. The second kappa shape index (κ2) is 6.95. The normalized spacial score (nSPS) is 12.3. The number of hydrogen-bond acceptors (Lipinski definition) is 3. The van der Waals surface area contributed by atoms with Gasteiger partial charge in [0.2, 0.25) is 5.91 Å². The summed E-state index contributed by atoms with van der Waals surface area (Å²) in [6, 6.07) is 9.66. The van der Waals surface area contributed by atoms with Crippen molar-refractivity contribution in [3.8, 4) is 11.8 Å². The molecule has 1 N–H and O–H groups in total. The lowest BCUT2D eigenvalue weighted by Crippen LogP contribution is -2.36. The van der Waals surface area contributed by atoms with E-state index < -0.39 is 0 Å². The van der Waals surface area contributed by atoms with Crippen LogP contribution in [0.4, 0.5) is 0 Å². The number of rotatable bonds is 5. The van der Waals surface area contributed by atoms with Crippen molar-refractivity contribution in [1.29, 1.82) is 5.26 Å². The molecule has 4 heteroatoms. The van der Waals surface area contributed by atoms with Crippen LogP contribution in [0.15, 0.2) is 24.3 Å². The molecule has 4 nitrogen and oxygen atoms in total. The van der Waals surface area contributed by atoms with Crippen molar-refractivity contribution in [3.63, 3.8) is 0 Å². The molecule has 0 saturated carbocycles. The van der Waals surface area contributed by atoms with E-state index in [9.17, 15) is 4.79 Å². The number of benzene rings is 1. The molecular formula is C16H22N2O2. The van der Waals surface area contributed by atoms with Gasteiger partial charge < -0.3 is 10.1 Å². The molecule has 1 aromatic carbocycles. The quantitative estimate of drug-likeness (QED) is 0.898. The van der Waals surface area contributed by atoms with E-state index in [4.69, 9.17) is 10.00 Å². The number of nitrogens with zero attached hydrogens (tertiary/aromatic N) is 1. The van der Waals surface area contributed by atoms with Crippen molar-refractivity contribution < 1.29 is 9.53 Å². The standard InChI is InChI=1S/C16H22N2O2/c1-12(18-15(19)9-10-17)11-20-14-7-5-13(6-8-14)16(2,3)4/h5-8,12H,9,11H2,1-4H3,(H,18,19). The van der Waals surface area contributed by atoms with Crippen LogP contribution in [0.3, 0.4) is 0 Å². The van der Waals surface area contributed by atoms with E-state index >= 15 is 0 Å². The molecule has 0 heterocycles. The highest BCUT2D eigenvalue weighted by Gasteiger charge is 2.13. The van der Waals surface area contributed by atoms with Crippen molar-refractivity contribution in [2.24, 2.45) is 0 Å². The summed E-state index contributed by atoms with van der Waals surface area (Å²) < 4.78 is 5.62. The highest BCUT2D eigenvalue weighted by Crippen LogP contribution is 2.24. The van der Waals surface area contributed by atoms with Gasteiger partial charge in [0.1, 0.15) is 18.8 Å². The maximum Gasteiger partial charge on any atom is 0.234 e. The molecule has 1 unspecified atom stereocenters. The van der Waals surface area contributed by atoms with E-state index in [1.165, 1.54) is 5.56 Å². The predicted octanol–water partition coefficient (Wildman–Crippen LogP) is 2.78. The molecule has 0 aliphatic rings. The zero-order valence-electron chi connectivity index (χ0n) is 12.6. The van der Waals surface area contributed by atoms with E-state index in [0.717, 1.165) is 5.75 Å². The summed E-state index contributed by atoms with van der Waals surface area (Å²) in [6.45, 7) is 8.71. The molecule has 1 atom stereocenters. The van der Waals surface area contributed by atoms with Crippen LogP contribution in [-0.2, 0) is 10.2 Å². The monoisotopic (exact) mass is 274 g/mol.